The summed E-state index contributed by atoms with van der Waals surface area (Å²) in [6.07, 6.45) is 1.07. The van der Waals surface area contributed by atoms with Gasteiger partial charge in [-0.2, -0.15) is 0 Å². The van der Waals surface area contributed by atoms with Crippen molar-refractivity contribution in [1.82, 2.24) is 0 Å². The van der Waals surface area contributed by atoms with Crippen LogP contribution in [-0.4, -0.2) is 12.5 Å². The van der Waals surface area contributed by atoms with Crippen molar-refractivity contribution in [3.8, 4) is 0 Å². The van der Waals surface area contributed by atoms with Crippen molar-refractivity contribution in [2.45, 2.75) is 33.2 Å². The van der Waals surface area contributed by atoms with Crippen molar-refractivity contribution in [3.05, 3.63) is 29.3 Å². The number of hydrogen-bond acceptors (Lipinski definition) is 2. The van der Waals surface area contributed by atoms with Gasteiger partial charge >= 0.3 is 0 Å². The summed E-state index contributed by atoms with van der Waals surface area (Å²) in [5.41, 5.74) is 9.09. The lowest BCUT2D eigenvalue weighted by Crippen LogP contribution is -2.34. The molecule has 92 valence electrons. The van der Waals surface area contributed by atoms with E-state index < -0.39 is 6.04 Å². The third-order valence-corrected chi connectivity index (χ3v) is 3.53. The van der Waals surface area contributed by atoms with Gasteiger partial charge in [0.2, 0.25) is 5.91 Å². The molecule has 0 aliphatic carbocycles. The molecule has 0 saturated carbocycles. The fraction of sp³-hybridized carbons (Fsp3) is 0.500. The molecule has 0 fully saturated rings. The molecule has 0 bridgehead atoms. The van der Waals surface area contributed by atoms with Crippen LogP contribution < -0.4 is 10.6 Å². The van der Waals surface area contributed by atoms with Gasteiger partial charge in [0.25, 0.3) is 0 Å². The maximum Gasteiger partial charge on any atom is 0.248 e. The summed E-state index contributed by atoms with van der Waals surface area (Å²) in [6.45, 7) is 7.08. The summed E-state index contributed by atoms with van der Waals surface area (Å²) < 4.78 is 0. The normalized spacial score (nSPS) is 20.6. The zero-order valence-electron chi connectivity index (χ0n) is 10.7. The van der Waals surface area contributed by atoms with E-state index in [4.69, 9.17) is 5.73 Å². The number of nitrogens with zero attached hydrogens (tertiary/aromatic N) is 1. The molecule has 1 aromatic carbocycles. The molecule has 17 heavy (non-hydrogen) atoms. The quantitative estimate of drug-likeness (QED) is 0.869. The Morgan fingerprint density at radius 1 is 1.47 bits per heavy atom. The van der Waals surface area contributed by atoms with E-state index in [-0.39, 0.29) is 5.91 Å². The van der Waals surface area contributed by atoms with E-state index in [1.165, 1.54) is 0 Å². The van der Waals surface area contributed by atoms with Gasteiger partial charge in [-0.1, -0.05) is 38.0 Å². The van der Waals surface area contributed by atoms with Crippen molar-refractivity contribution in [2.24, 2.45) is 11.7 Å². The van der Waals surface area contributed by atoms with Crippen molar-refractivity contribution < 1.29 is 4.79 Å². The van der Waals surface area contributed by atoms with Crippen LogP contribution >= 0.6 is 0 Å². The van der Waals surface area contributed by atoms with Gasteiger partial charge in [-0.3, -0.25) is 4.79 Å². The first-order valence-electron chi connectivity index (χ1n) is 6.22. The SMILES string of the molecule is CCC(C)CN1C(=O)C(N)c2cc(C)ccc21. The van der Waals surface area contributed by atoms with Crippen molar-refractivity contribution in [1.29, 1.82) is 0 Å². The number of nitrogens with two attached hydrogens (primary N) is 1. The number of hydrogen-bond donors (Lipinski definition) is 1. The minimum absolute atomic E-state index is 0.0332. The molecule has 0 saturated heterocycles. The predicted molar refractivity (Wildman–Crippen MR) is 69.9 cm³/mol. The standard InChI is InChI=1S/C14H20N2O/c1-4-9(2)8-16-12-6-5-10(3)7-11(12)13(15)14(16)17/h5-7,9,13H,4,8,15H2,1-3H3. The first-order valence-corrected chi connectivity index (χ1v) is 6.22. The molecule has 1 aliphatic rings. The number of aryl methyl sites for hydroxylation is 1. The third-order valence-electron chi connectivity index (χ3n) is 3.53. The number of rotatable bonds is 3. The highest BCUT2D eigenvalue weighted by atomic mass is 16.2. The molecule has 0 spiro atoms. The zero-order valence-corrected chi connectivity index (χ0v) is 10.7. The average molecular weight is 232 g/mol. The molecule has 3 heteroatoms. The Bertz CT molecular complexity index is 442. The molecule has 2 N–H and O–H groups in total. The van der Waals surface area contributed by atoms with Gasteiger partial charge in [-0.15, -0.1) is 0 Å². The molecule has 0 aromatic heterocycles. The summed E-state index contributed by atoms with van der Waals surface area (Å²) in [5, 5.41) is 0. The number of amides is 1. The summed E-state index contributed by atoms with van der Waals surface area (Å²) in [6, 6.07) is 5.59. The molecule has 1 aliphatic heterocycles. The van der Waals surface area contributed by atoms with Crippen LogP contribution in [0.3, 0.4) is 0 Å². The number of anilines is 1. The van der Waals surface area contributed by atoms with Crippen LogP contribution in [-0.2, 0) is 4.79 Å². The lowest BCUT2D eigenvalue weighted by Gasteiger charge is -2.21. The molecule has 2 rings (SSSR count). The highest BCUT2D eigenvalue weighted by Crippen LogP contribution is 2.35. The molecular weight excluding hydrogens is 212 g/mol. The second-order valence-electron chi connectivity index (χ2n) is 5.00. The van der Waals surface area contributed by atoms with E-state index in [0.29, 0.717) is 5.92 Å². The average Bonchev–Trinajstić information content (AvgIpc) is 2.54. The maximum absolute atomic E-state index is 12.1. The lowest BCUT2D eigenvalue weighted by atomic mass is 10.1. The molecule has 1 heterocycles. The van der Waals surface area contributed by atoms with Gasteiger partial charge in [0.15, 0.2) is 0 Å². The summed E-state index contributed by atoms with van der Waals surface area (Å²) in [5.74, 6) is 0.532. The number of carbonyl (C=O) groups is 1. The van der Waals surface area contributed by atoms with Gasteiger partial charge in [-0.25, -0.2) is 0 Å². The Morgan fingerprint density at radius 3 is 2.82 bits per heavy atom. The first-order chi connectivity index (χ1) is 8.04. The Balaban J connectivity index is 2.34. The van der Waals surface area contributed by atoms with Crippen molar-refractivity contribution in [2.75, 3.05) is 11.4 Å². The second kappa shape index (κ2) is 4.49. The van der Waals surface area contributed by atoms with Crippen molar-refractivity contribution in [3.63, 3.8) is 0 Å². The molecule has 3 nitrogen and oxygen atoms in total. The van der Waals surface area contributed by atoms with E-state index in [9.17, 15) is 4.79 Å². The lowest BCUT2D eigenvalue weighted by molar-refractivity contribution is -0.119. The van der Waals surface area contributed by atoms with Gasteiger partial charge in [0.05, 0.1) is 0 Å². The summed E-state index contributed by atoms with van der Waals surface area (Å²) >= 11 is 0. The zero-order chi connectivity index (χ0) is 12.6. The highest BCUT2D eigenvalue weighted by molar-refractivity contribution is 6.04. The van der Waals surface area contributed by atoms with Crippen LogP contribution in [0.5, 0.6) is 0 Å². The Labute approximate surface area is 103 Å². The van der Waals surface area contributed by atoms with Gasteiger partial charge in [0.1, 0.15) is 6.04 Å². The van der Waals surface area contributed by atoms with E-state index in [1.54, 1.807) is 0 Å². The molecule has 2 unspecified atom stereocenters. The van der Waals surface area contributed by atoms with E-state index in [2.05, 4.69) is 13.8 Å². The van der Waals surface area contributed by atoms with Crippen LogP contribution in [0.2, 0.25) is 0 Å². The van der Waals surface area contributed by atoms with Crippen LogP contribution in [0.25, 0.3) is 0 Å². The smallest absolute Gasteiger partial charge is 0.248 e. The fourth-order valence-electron chi connectivity index (χ4n) is 2.22. The highest BCUT2D eigenvalue weighted by Gasteiger charge is 2.34. The molecule has 0 radical (unpaired) electrons. The Kier molecular flexibility index (Phi) is 3.20. The Hall–Kier alpha value is -1.35. The minimum Gasteiger partial charge on any atom is -0.316 e. The van der Waals surface area contributed by atoms with Crippen LogP contribution in [0.1, 0.15) is 37.4 Å². The van der Waals surface area contributed by atoms with E-state index in [1.807, 2.05) is 30.0 Å². The summed E-state index contributed by atoms with van der Waals surface area (Å²) in [7, 11) is 0. The van der Waals surface area contributed by atoms with Gasteiger partial charge in [0, 0.05) is 17.8 Å². The molecular formula is C14H20N2O. The van der Waals surface area contributed by atoms with E-state index >= 15 is 0 Å². The fourth-order valence-corrected chi connectivity index (χ4v) is 2.22. The molecule has 1 amide bonds. The number of fused-ring (bicyclic) bond motifs is 1. The number of benzene rings is 1. The minimum atomic E-state index is -0.478. The second-order valence-corrected chi connectivity index (χ2v) is 5.00. The molecule has 1 aromatic rings. The first kappa shape index (κ1) is 12.1. The summed E-state index contributed by atoms with van der Waals surface area (Å²) in [4.78, 5) is 14.0. The van der Waals surface area contributed by atoms with Crippen molar-refractivity contribution >= 4 is 11.6 Å². The maximum atomic E-state index is 12.1. The van der Waals surface area contributed by atoms with Crippen LogP contribution in [0, 0.1) is 12.8 Å². The number of carbonyl (C=O) groups excluding carboxylic acids is 1. The third kappa shape index (κ3) is 2.07. The van der Waals surface area contributed by atoms with Crippen LogP contribution in [0.4, 0.5) is 5.69 Å². The van der Waals surface area contributed by atoms with E-state index in [0.717, 1.165) is 29.8 Å². The topological polar surface area (TPSA) is 46.3 Å². The van der Waals surface area contributed by atoms with Crippen LogP contribution in [0.15, 0.2) is 18.2 Å². The largest absolute Gasteiger partial charge is 0.316 e. The predicted octanol–water partition coefficient (Wildman–Crippen LogP) is 2.39. The molecule has 2 atom stereocenters. The van der Waals surface area contributed by atoms with Gasteiger partial charge in [-0.05, 0) is 18.9 Å². The Morgan fingerprint density at radius 2 is 2.18 bits per heavy atom. The monoisotopic (exact) mass is 232 g/mol. The van der Waals surface area contributed by atoms with Gasteiger partial charge < -0.3 is 10.6 Å².